The topological polar surface area (TPSA) is 73.2 Å². The summed E-state index contributed by atoms with van der Waals surface area (Å²) in [4.78, 5) is 29.0. The molecule has 0 bridgehead atoms. The number of halogens is 1. The normalized spacial score (nSPS) is 18.2. The first-order valence-electron chi connectivity index (χ1n) is 9.53. The highest BCUT2D eigenvalue weighted by Gasteiger charge is 2.25. The number of thioether (sulfide) groups is 1. The van der Waals surface area contributed by atoms with E-state index >= 15 is 0 Å². The third-order valence-electron chi connectivity index (χ3n) is 5.10. The van der Waals surface area contributed by atoms with Crippen LogP contribution in [0.2, 0.25) is 0 Å². The minimum Gasteiger partial charge on any atom is -0.376 e. The second kappa shape index (κ2) is 8.45. The van der Waals surface area contributed by atoms with E-state index in [9.17, 15) is 14.0 Å². The Morgan fingerprint density at radius 1 is 1.32 bits per heavy atom. The number of benzene rings is 1. The van der Waals surface area contributed by atoms with Gasteiger partial charge in [0.1, 0.15) is 10.8 Å². The Bertz CT molecular complexity index is 941. The van der Waals surface area contributed by atoms with Gasteiger partial charge in [0.05, 0.1) is 24.1 Å². The summed E-state index contributed by atoms with van der Waals surface area (Å²) >= 11 is 1.23. The molecule has 1 fully saturated rings. The molecule has 1 unspecified atom stereocenters. The number of anilines is 1. The van der Waals surface area contributed by atoms with E-state index in [0.717, 1.165) is 50.0 Å². The molecule has 0 radical (unpaired) electrons. The van der Waals surface area contributed by atoms with Gasteiger partial charge in [-0.15, -0.1) is 0 Å². The summed E-state index contributed by atoms with van der Waals surface area (Å²) in [6, 6.07) is 6.04. The first kappa shape index (κ1) is 19.1. The van der Waals surface area contributed by atoms with Crippen molar-refractivity contribution in [2.24, 2.45) is 0 Å². The lowest BCUT2D eigenvalue weighted by Crippen LogP contribution is -2.31. The molecule has 28 heavy (non-hydrogen) atoms. The Kier molecular flexibility index (Phi) is 5.77. The average Bonchev–Trinajstić information content (AvgIpc) is 3.36. The van der Waals surface area contributed by atoms with Gasteiger partial charge in [-0.2, -0.15) is 4.98 Å². The quantitative estimate of drug-likeness (QED) is 0.593. The molecule has 6 nitrogen and oxygen atoms in total. The van der Waals surface area contributed by atoms with Crippen LogP contribution in [-0.2, 0) is 28.9 Å². The van der Waals surface area contributed by atoms with E-state index in [1.165, 1.54) is 23.9 Å². The van der Waals surface area contributed by atoms with Gasteiger partial charge >= 0.3 is 5.69 Å². The highest BCUT2D eigenvalue weighted by Crippen LogP contribution is 2.30. The van der Waals surface area contributed by atoms with Crippen LogP contribution in [0.15, 0.2) is 34.1 Å². The number of para-hydroxylation sites is 1. The Balaban J connectivity index is 1.47. The van der Waals surface area contributed by atoms with Crippen molar-refractivity contribution < 1.29 is 13.9 Å². The molecule has 1 amide bonds. The number of hydrogen-bond donors (Lipinski definition) is 1. The molecule has 2 heterocycles. The molecule has 1 aliphatic heterocycles. The lowest BCUT2D eigenvalue weighted by atomic mass is 10.2. The molecule has 0 spiro atoms. The van der Waals surface area contributed by atoms with E-state index in [1.807, 2.05) is 0 Å². The maximum absolute atomic E-state index is 13.7. The lowest BCUT2D eigenvalue weighted by molar-refractivity contribution is -0.113. The molecule has 2 aliphatic rings. The van der Waals surface area contributed by atoms with Gasteiger partial charge < -0.3 is 10.1 Å². The van der Waals surface area contributed by atoms with E-state index in [2.05, 4.69) is 10.3 Å². The minimum absolute atomic E-state index is 0.0724. The van der Waals surface area contributed by atoms with E-state index < -0.39 is 5.82 Å². The molecule has 148 valence electrons. The van der Waals surface area contributed by atoms with Crippen LogP contribution in [-0.4, -0.2) is 33.9 Å². The Hall–Kier alpha value is -2.19. The van der Waals surface area contributed by atoms with Gasteiger partial charge in [0.15, 0.2) is 0 Å². The fourth-order valence-electron chi connectivity index (χ4n) is 3.77. The summed E-state index contributed by atoms with van der Waals surface area (Å²) in [7, 11) is 0. The zero-order valence-electron chi connectivity index (χ0n) is 15.4. The predicted molar refractivity (Wildman–Crippen MR) is 105 cm³/mol. The Morgan fingerprint density at radius 2 is 2.18 bits per heavy atom. The molecular formula is C20H22FN3O3S. The number of amides is 1. The maximum Gasteiger partial charge on any atom is 0.348 e. The molecule has 1 atom stereocenters. The molecule has 1 aliphatic carbocycles. The van der Waals surface area contributed by atoms with Crippen molar-refractivity contribution in [3.63, 3.8) is 0 Å². The van der Waals surface area contributed by atoms with E-state index in [4.69, 9.17) is 4.74 Å². The van der Waals surface area contributed by atoms with Gasteiger partial charge in [-0.3, -0.25) is 9.36 Å². The summed E-state index contributed by atoms with van der Waals surface area (Å²) in [6.45, 7) is 1.30. The first-order chi connectivity index (χ1) is 13.6. The van der Waals surface area contributed by atoms with E-state index in [1.54, 1.807) is 16.7 Å². The number of nitrogens with one attached hydrogen (secondary N) is 1. The smallest absolute Gasteiger partial charge is 0.348 e. The Labute approximate surface area is 166 Å². The number of carbonyl (C=O) groups excluding carboxylic acids is 1. The van der Waals surface area contributed by atoms with Crippen LogP contribution in [0.25, 0.3) is 0 Å². The zero-order chi connectivity index (χ0) is 19.5. The van der Waals surface area contributed by atoms with Crippen LogP contribution in [0, 0.1) is 5.82 Å². The molecule has 1 saturated heterocycles. The number of aromatic nitrogens is 2. The molecular weight excluding hydrogens is 381 g/mol. The van der Waals surface area contributed by atoms with Crippen molar-refractivity contribution in [1.29, 1.82) is 0 Å². The van der Waals surface area contributed by atoms with E-state index in [0.29, 0.717) is 11.6 Å². The fourth-order valence-corrected chi connectivity index (χ4v) is 4.65. The number of hydrogen-bond acceptors (Lipinski definition) is 5. The number of ether oxygens (including phenoxy) is 1. The van der Waals surface area contributed by atoms with Crippen LogP contribution in [0.4, 0.5) is 10.1 Å². The monoisotopic (exact) mass is 403 g/mol. The Morgan fingerprint density at radius 3 is 2.96 bits per heavy atom. The van der Waals surface area contributed by atoms with Gasteiger partial charge in [-0.25, -0.2) is 9.18 Å². The fraction of sp³-hybridized carbons (Fsp3) is 0.450. The molecule has 2 aromatic rings. The molecule has 4 rings (SSSR count). The van der Waals surface area contributed by atoms with Crippen molar-refractivity contribution in [3.8, 4) is 0 Å². The van der Waals surface area contributed by atoms with Gasteiger partial charge in [0.2, 0.25) is 5.91 Å². The lowest BCUT2D eigenvalue weighted by Gasteiger charge is -2.17. The summed E-state index contributed by atoms with van der Waals surface area (Å²) in [5.41, 5.74) is 1.94. The third-order valence-corrected chi connectivity index (χ3v) is 6.12. The van der Waals surface area contributed by atoms with Crippen LogP contribution >= 0.6 is 11.8 Å². The largest absolute Gasteiger partial charge is 0.376 e. The van der Waals surface area contributed by atoms with Gasteiger partial charge in [-0.05, 0) is 44.2 Å². The molecule has 1 N–H and O–H groups in total. The van der Waals surface area contributed by atoms with Crippen molar-refractivity contribution in [2.45, 2.75) is 49.8 Å². The SMILES string of the molecule is O=C(CSc1nc(=O)n(CC2CCCO2)c2c1CCC2)Nc1ccccc1F. The van der Waals surface area contributed by atoms with Crippen molar-refractivity contribution in [2.75, 3.05) is 17.7 Å². The predicted octanol–water partition coefficient (Wildman–Crippen LogP) is 2.78. The number of fused-ring (bicyclic) bond motifs is 1. The zero-order valence-corrected chi connectivity index (χ0v) is 16.3. The van der Waals surface area contributed by atoms with E-state index in [-0.39, 0.29) is 29.1 Å². The summed E-state index contributed by atoms with van der Waals surface area (Å²) < 4.78 is 21.1. The van der Waals surface area contributed by atoms with Crippen LogP contribution in [0.5, 0.6) is 0 Å². The van der Waals surface area contributed by atoms with Crippen LogP contribution in [0.1, 0.15) is 30.5 Å². The molecule has 8 heteroatoms. The van der Waals surface area contributed by atoms with Crippen LogP contribution in [0.3, 0.4) is 0 Å². The van der Waals surface area contributed by atoms with Gasteiger partial charge in [0.25, 0.3) is 0 Å². The van der Waals surface area contributed by atoms with Gasteiger partial charge in [0, 0.05) is 17.9 Å². The molecule has 0 saturated carbocycles. The summed E-state index contributed by atoms with van der Waals surface area (Å²) in [5.74, 6) is -0.730. The first-order valence-corrected chi connectivity index (χ1v) is 10.5. The number of carbonyl (C=O) groups is 1. The summed E-state index contributed by atoms with van der Waals surface area (Å²) in [6.07, 6.45) is 4.74. The van der Waals surface area contributed by atoms with Crippen molar-refractivity contribution in [3.05, 3.63) is 51.8 Å². The average molecular weight is 403 g/mol. The van der Waals surface area contributed by atoms with Crippen molar-refractivity contribution >= 4 is 23.4 Å². The second-order valence-electron chi connectivity index (χ2n) is 7.04. The standard InChI is InChI=1S/C20H22FN3O3S/c21-15-7-1-2-8-16(15)22-18(25)12-28-19-14-6-3-9-17(14)24(20(26)23-19)11-13-5-4-10-27-13/h1-2,7-8,13H,3-6,9-12H2,(H,22,25). The molecule has 1 aromatic carbocycles. The summed E-state index contributed by atoms with van der Waals surface area (Å²) in [5, 5.41) is 3.18. The highest BCUT2D eigenvalue weighted by molar-refractivity contribution is 8.00. The minimum atomic E-state index is -0.475. The van der Waals surface area contributed by atoms with Gasteiger partial charge in [-0.1, -0.05) is 23.9 Å². The van der Waals surface area contributed by atoms with Crippen molar-refractivity contribution in [1.82, 2.24) is 9.55 Å². The molecule has 1 aromatic heterocycles. The third kappa shape index (κ3) is 4.12. The maximum atomic E-state index is 13.7. The number of nitrogens with zero attached hydrogens (tertiary/aromatic N) is 2. The number of rotatable bonds is 6. The van der Waals surface area contributed by atoms with Crippen LogP contribution < -0.4 is 11.0 Å². The second-order valence-corrected chi connectivity index (χ2v) is 8.00. The highest BCUT2D eigenvalue weighted by atomic mass is 32.2.